The molecule has 0 aromatic heterocycles. The molecule has 0 radical (unpaired) electrons. The van der Waals surface area contributed by atoms with Crippen LogP contribution in [0.4, 0.5) is 5.69 Å². The maximum atomic E-state index is 14.9. The number of aliphatic hydroxyl groups excluding tert-OH is 1. The number of hydrogen-bond donors (Lipinski definition) is 2. The molecule has 49 heavy (non-hydrogen) atoms. The van der Waals surface area contributed by atoms with Gasteiger partial charge in [-0.05, 0) is 36.5 Å². The van der Waals surface area contributed by atoms with Crippen LogP contribution in [-0.2, 0) is 28.7 Å². The molecule has 3 aliphatic heterocycles. The number of esters is 1. The molecule has 3 aliphatic rings. The van der Waals surface area contributed by atoms with Crippen LogP contribution in [0.1, 0.15) is 44.7 Å². The van der Waals surface area contributed by atoms with E-state index in [1.54, 1.807) is 36.4 Å². The summed E-state index contributed by atoms with van der Waals surface area (Å²) < 4.78 is 12.2. The van der Waals surface area contributed by atoms with E-state index in [0.29, 0.717) is 22.7 Å². The van der Waals surface area contributed by atoms with Gasteiger partial charge in [-0.2, -0.15) is 0 Å². The Morgan fingerprint density at radius 2 is 1.86 bits per heavy atom. The van der Waals surface area contributed by atoms with Crippen molar-refractivity contribution in [3.05, 3.63) is 90.5 Å². The van der Waals surface area contributed by atoms with Gasteiger partial charge >= 0.3 is 5.97 Å². The molecular formula is C37H43BrClN3O7. The molecule has 3 heterocycles. The Bertz CT molecular complexity index is 1570. The lowest BCUT2D eigenvalue weighted by atomic mass is 9.70. The Morgan fingerprint density at radius 1 is 1.16 bits per heavy atom. The minimum Gasteiger partial charge on any atom is -0.463 e. The van der Waals surface area contributed by atoms with Crippen LogP contribution in [0.2, 0.25) is 5.02 Å². The Kier molecular flexibility index (Phi) is 11.7. The molecule has 0 saturated carbocycles. The van der Waals surface area contributed by atoms with Gasteiger partial charge < -0.3 is 29.7 Å². The number of aliphatic hydroxyl groups is 1. The van der Waals surface area contributed by atoms with Crippen LogP contribution in [0.25, 0.3) is 0 Å². The number of ether oxygens (including phenoxy) is 2. The molecule has 3 amide bonds. The number of fused-ring (bicyclic) bond motifs is 1. The lowest BCUT2D eigenvalue weighted by Gasteiger charge is -2.40. The first-order chi connectivity index (χ1) is 23.5. The maximum absolute atomic E-state index is 14.9. The summed E-state index contributed by atoms with van der Waals surface area (Å²) in [5, 5.41) is 14.0. The quantitative estimate of drug-likeness (QED) is 0.149. The Labute approximate surface area is 300 Å². The zero-order valence-corrected chi connectivity index (χ0v) is 30.0. The van der Waals surface area contributed by atoms with Crippen molar-refractivity contribution in [3.63, 3.8) is 0 Å². The van der Waals surface area contributed by atoms with Crippen molar-refractivity contribution in [1.29, 1.82) is 0 Å². The van der Waals surface area contributed by atoms with Gasteiger partial charge in [0.25, 0.3) is 5.91 Å². The van der Waals surface area contributed by atoms with Gasteiger partial charge in [0.05, 0.1) is 47.3 Å². The number of alkyl halides is 1. The summed E-state index contributed by atoms with van der Waals surface area (Å²) in [4.78, 5) is 59.0. The van der Waals surface area contributed by atoms with E-state index in [-0.39, 0.29) is 36.7 Å². The largest absolute Gasteiger partial charge is 0.463 e. The van der Waals surface area contributed by atoms with Crippen LogP contribution in [0.3, 0.4) is 0 Å². The topological polar surface area (TPSA) is 125 Å². The fraction of sp³-hybridized carbons (Fsp3) is 0.459. The molecule has 3 saturated heterocycles. The van der Waals surface area contributed by atoms with E-state index in [1.165, 1.54) is 9.80 Å². The number of benzene rings is 2. The van der Waals surface area contributed by atoms with E-state index >= 15 is 0 Å². The monoisotopic (exact) mass is 755 g/mol. The number of nitrogens with zero attached hydrogens (tertiary/aromatic N) is 2. The van der Waals surface area contributed by atoms with Crippen LogP contribution in [-0.4, -0.2) is 82.1 Å². The Hall–Kier alpha value is -3.51. The second-order valence-corrected chi connectivity index (χ2v) is 14.7. The second-order valence-electron chi connectivity index (χ2n) is 13.1. The predicted molar refractivity (Wildman–Crippen MR) is 190 cm³/mol. The average Bonchev–Trinajstić information content (AvgIpc) is 3.68. The number of allylic oxidation sites excluding steroid dienone is 1. The molecule has 0 aliphatic carbocycles. The molecule has 3 fully saturated rings. The summed E-state index contributed by atoms with van der Waals surface area (Å²) in [6.45, 7) is 10.8. The van der Waals surface area contributed by atoms with Gasteiger partial charge in [-0.3, -0.25) is 19.2 Å². The number of amides is 3. The summed E-state index contributed by atoms with van der Waals surface area (Å²) in [5.41, 5.74) is -0.219. The first-order valence-electron chi connectivity index (χ1n) is 16.5. The van der Waals surface area contributed by atoms with Crippen LogP contribution in [0.15, 0.2) is 79.9 Å². The standard InChI is InChI=1S/C37H43BrClN3O7/c1-5-7-17-29(44)48-21-26(23-13-9-8-10-14-23)40-34(45)30-31-35(46)42(28(20-43)22(3)4)33(37(31)19-24(38)32(30)49-37)36(47)41(18-6-2)27-16-12-11-15-25(27)39/h5-6,8-16,22,24,26,28,30-33,43H,1-2,7,17-21H2,3-4H3,(H,40,45)/t24?,26-,28-,30+,31-,32+,33+,37-/m0/s1. The third-order valence-electron chi connectivity index (χ3n) is 9.78. The Balaban J connectivity index is 1.53. The fourth-order valence-electron chi connectivity index (χ4n) is 7.52. The lowest BCUT2D eigenvalue weighted by Crippen LogP contribution is -2.60. The van der Waals surface area contributed by atoms with Crippen molar-refractivity contribution in [2.75, 3.05) is 24.7 Å². The molecule has 10 nitrogen and oxygen atoms in total. The molecule has 2 aromatic carbocycles. The van der Waals surface area contributed by atoms with E-state index in [0.717, 1.165) is 0 Å². The highest BCUT2D eigenvalue weighted by Crippen LogP contribution is 2.61. The van der Waals surface area contributed by atoms with Crippen molar-refractivity contribution in [3.8, 4) is 0 Å². The molecule has 2 bridgehead atoms. The van der Waals surface area contributed by atoms with Gasteiger partial charge in [-0.15, -0.1) is 13.2 Å². The molecular weight excluding hydrogens is 714 g/mol. The number of halogens is 2. The molecule has 2 N–H and O–H groups in total. The second kappa shape index (κ2) is 15.6. The lowest BCUT2D eigenvalue weighted by molar-refractivity contribution is -0.147. The molecule has 2 aromatic rings. The van der Waals surface area contributed by atoms with Gasteiger partial charge in [-0.25, -0.2) is 0 Å². The number of carbonyl (C=O) groups is 4. The minimum atomic E-state index is -1.38. The number of anilines is 1. The zero-order valence-electron chi connectivity index (χ0n) is 27.7. The number of para-hydroxylation sites is 1. The maximum Gasteiger partial charge on any atom is 0.306 e. The van der Waals surface area contributed by atoms with Crippen molar-refractivity contribution < 1.29 is 33.8 Å². The molecule has 12 heteroatoms. The molecule has 1 unspecified atom stereocenters. The third-order valence-corrected chi connectivity index (χ3v) is 10.9. The van der Waals surface area contributed by atoms with Gasteiger partial charge in [0, 0.05) is 17.8 Å². The number of hydrogen-bond acceptors (Lipinski definition) is 7. The highest BCUT2D eigenvalue weighted by molar-refractivity contribution is 9.09. The Morgan fingerprint density at radius 3 is 2.49 bits per heavy atom. The first kappa shape index (κ1) is 36.8. The van der Waals surface area contributed by atoms with E-state index in [9.17, 15) is 24.3 Å². The highest BCUT2D eigenvalue weighted by Gasteiger charge is 2.77. The van der Waals surface area contributed by atoms with Gasteiger partial charge in [0.1, 0.15) is 18.2 Å². The summed E-state index contributed by atoms with van der Waals surface area (Å²) in [5.74, 6) is -3.99. The van der Waals surface area contributed by atoms with E-state index in [4.69, 9.17) is 21.1 Å². The van der Waals surface area contributed by atoms with E-state index in [2.05, 4.69) is 34.4 Å². The normalized spacial score (nSPS) is 26.6. The number of likely N-dealkylation sites (tertiary alicyclic amines) is 1. The zero-order chi connectivity index (χ0) is 35.5. The van der Waals surface area contributed by atoms with Gasteiger partial charge in [0.2, 0.25) is 11.8 Å². The van der Waals surface area contributed by atoms with Crippen molar-refractivity contribution in [1.82, 2.24) is 10.2 Å². The predicted octanol–water partition coefficient (Wildman–Crippen LogP) is 4.99. The summed E-state index contributed by atoms with van der Waals surface area (Å²) in [6.07, 6.45) is 3.39. The fourth-order valence-corrected chi connectivity index (χ4v) is 8.70. The van der Waals surface area contributed by atoms with Crippen LogP contribution < -0.4 is 10.2 Å². The van der Waals surface area contributed by atoms with Crippen LogP contribution in [0.5, 0.6) is 0 Å². The average molecular weight is 757 g/mol. The number of nitrogens with one attached hydrogen (secondary N) is 1. The summed E-state index contributed by atoms with van der Waals surface area (Å²) >= 11 is 10.3. The number of rotatable bonds is 15. The first-order valence-corrected chi connectivity index (χ1v) is 17.8. The van der Waals surface area contributed by atoms with E-state index in [1.807, 2.05) is 44.2 Å². The van der Waals surface area contributed by atoms with Gasteiger partial charge in [-0.1, -0.05) is 96.0 Å². The summed E-state index contributed by atoms with van der Waals surface area (Å²) in [7, 11) is 0. The smallest absolute Gasteiger partial charge is 0.306 e. The molecule has 1 spiro atoms. The molecule has 5 rings (SSSR count). The summed E-state index contributed by atoms with van der Waals surface area (Å²) in [6, 6.07) is 13.4. The molecule has 262 valence electrons. The highest BCUT2D eigenvalue weighted by atomic mass is 79.9. The third kappa shape index (κ3) is 6.95. The van der Waals surface area contributed by atoms with Crippen molar-refractivity contribution in [2.24, 2.45) is 17.8 Å². The SMILES string of the molecule is C=CCCC(=O)OC[C@H](NC(=O)[C@H]1[C@@H]2O[C@@]3(CC2Br)[C@@H]1C(=O)N([C@@H](CO)C(C)C)[C@@H]3C(=O)N(CC=C)c1ccccc1Cl)c1ccccc1. The number of carbonyl (C=O) groups excluding carboxylic acids is 4. The van der Waals surface area contributed by atoms with Crippen molar-refractivity contribution >= 4 is 56.9 Å². The van der Waals surface area contributed by atoms with E-state index < -0.39 is 72.0 Å². The van der Waals surface area contributed by atoms with Crippen LogP contribution >= 0.6 is 27.5 Å². The molecule has 8 atom stereocenters. The van der Waals surface area contributed by atoms with Crippen LogP contribution in [0, 0.1) is 17.8 Å². The van der Waals surface area contributed by atoms with Gasteiger partial charge in [0.15, 0.2) is 0 Å². The minimum absolute atomic E-state index is 0.0999. The van der Waals surface area contributed by atoms with Crippen molar-refractivity contribution in [2.45, 2.75) is 67.8 Å².